The van der Waals surface area contributed by atoms with E-state index < -0.39 is 0 Å². The molecule has 3 aliphatic rings. The average molecular weight is 294 g/mol. The van der Waals surface area contributed by atoms with Gasteiger partial charge in [0.15, 0.2) is 0 Å². The fraction of sp³-hybridized carbons (Fsp3) is 1.00. The van der Waals surface area contributed by atoms with E-state index in [0.717, 1.165) is 24.7 Å². The van der Waals surface area contributed by atoms with E-state index in [0.29, 0.717) is 5.54 Å². The molecule has 3 unspecified atom stereocenters. The summed E-state index contributed by atoms with van der Waals surface area (Å²) in [7, 11) is 2.32. The van der Waals surface area contributed by atoms with Gasteiger partial charge in [0.05, 0.1) is 0 Å². The molecule has 0 saturated carbocycles. The monoisotopic (exact) mass is 294 g/mol. The SMILES string of the molecule is CCC(C)N1CCN(C2(CN)CC3CCC(C2)N3C)CC1. The summed E-state index contributed by atoms with van der Waals surface area (Å²) in [5.74, 6) is 0. The summed E-state index contributed by atoms with van der Waals surface area (Å²) in [6.45, 7) is 10.4. The zero-order valence-corrected chi connectivity index (χ0v) is 14.2. The number of piperidine rings is 1. The van der Waals surface area contributed by atoms with Crippen molar-refractivity contribution in [3.05, 3.63) is 0 Å². The van der Waals surface area contributed by atoms with Crippen molar-refractivity contribution in [1.29, 1.82) is 0 Å². The fourth-order valence-electron chi connectivity index (χ4n) is 4.99. The van der Waals surface area contributed by atoms with Crippen LogP contribution in [0.1, 0.15) is 46.0 Å². The molecule has 3 heterocycles. The van der Waals surface area contributed by atoms with Gasteiger partial charge in [0.25, 0.3) is 0 Å². The first-order valence-electron chi connectivity index (χ1n) is 9.00. The third-order valence-corrected chi connectivity index (χ3v) is 6.80. The standard InChI is InChI=1S/C17H34N4/c1-4-14(2)20-7-9-21(10-8-20)17(13-18)11-15-5-6-16(12-17)19(15)3/h14-16H,4-13,18H2,1-3H3. The van der Waals surface area contributed by atoms with Crippen LogP contribution in [0.15, 0.2) is 0 Å². The van der Waals surface area contributed by atoms with Gasteiger partial charge in [-0.15, -0.1) is 0 Å². The third kappa shape index (κ3) is 2.76. The second-order valence-electron chi connectivity index (χ2n) is 7.67. The lowest BCUT2D eigenvalue weighted by Gasteiger charge is -2.53. The predicted molar refractivity (Wildman–Crippen MR) is 88.5 cm³/mol. The minimum absolute atomic E-state index is 0.292. The van der Waals surface area contributed by atoms with E-state index in [1.54, 1.807) is 0 Å². The van der Waals surface area contributed by atoms with Crippen LogP contribution in [0.25, 0.3) is 0 Å². The van der Waals surface area contributed by atoms with Crippen LogP contribution >= 0.6 is 0 Å². The molecule has 0 radical (unpaired) electrons. The number of piperazine rings is 1. The number of rotatable bonds is 4. The molecule has 0 aromatic carbocycles. The molecule has 0 aliphatic carbocycles. The zero-order valence-electron chi connectivity index (χ0n) is 14.2. The van der Waals surface area contributed by atoms with Crippen LogP contribution in [0, 0.1) is 0 Å². The molecule has 2 N–H and O–H groups in total. The highest BCUT2D eigenvalue weighted by atomic mass is 15.3. The fourth-order valence-corrected chi connectivity index (χ4v) is 4.99. The summed E-state index contributed by atoms with van der Waals surface area (Å²) < 4.78 is 0. The Balaban J connectivity index is 1.65. The molecule has 0 aromatic rings. The van der Waals surface area contributed by atoms with Crippen LogP contribution in [0.4, 0.5) is 0 Å². The van der Waals surface area contributed by atoms with Crippen molar-refractivity contribution in [2.75, 3.05) is 39.8 Å². The van der Waals surface area contributed by atoms with Crippen LogP contribution in [-0.2, 0) is 0 Å². The topological polar surface area (TPSA) is 35.7 Å². The Morgan fingerprint density at radius 1 is 1.10 bits per heavy atom. The van der Waals surface area contributed by atoms with Gasteiger partial charge in [0, 0.05) is 56.4 Å². The van der Waals surface area contributed by atoms with Gasteiger partial charge in [-0.1, -0.05) is 6.92 Å². The summed E-state index contributed by atoms with van der Waals surface area (Å²) in [6.07, 6.45) is 6.61. The first kappa shape index (κ1) is 15.7. The summed E-state index contributed by atoms with van der Waals surface area (Å²) in [5, 5.41) is 0. The summed E-state index contributed by atoms with van der Waals surface area (Å²) in [4.78, 5) is 8.04. The van der Waals surface area contributed by atoms with Gasteiger partial charge in [-0.3, -0.25) is 9.80 Å². The first-order chi connectivity index (χ1) is 10.1. The van der Waals surface area contributed by atoms with Gasteiger partial charge in [-0.25, -0.2) is 0 Å². The Bertz CT molecular complexity index is 337. The number of hydrogen-bond donors (Lipinski definition) is 1. The molecule has 4 heteroatoms. The van der Waals surface area contributed by atoms with E-state index in [-0.39, 0.29) is 0 Å². The van der Waals surface area contributed by atoms with Crippen LogP contribution < -0.4 is 5.73 Å². The summed E-state index contributed by atoms with van der Waals surface area (Å²) in [6, 6.07) is 2.29. The van der Waals surface area contributed by atoms with Crippen molar-refractivity contribution < 1.29 is 0 Å². The highest BCUT2D eigenvalue weighted by molar-refractivity contribution is 5.07. The lowest BCUT2D eigenvalue weighted by Crippen LogP contribution is -2.65. The quantitative estimate of drug-likeness (QED) is 0.849. The molecule has 3 atom stereocenters. The van der Waals surface area contributed by atoms with Crippen molar-refractivity contribution in [2.24, 2.45) is 5.73 Å². The van der Waals surface area contributed by atoms with Crippen molar-refractivity contribution in [1.82, 2.24) is 14.7 Å². The van der Waals surface area contributed by atoms with Gasteiger partial charge in [-0.2, -0.15) is 0 Å². The second-order valence-corrected chi connectivity index (χ2v) is 7.67. The van der Waals surface area contributed by atoms with E-state index in [1.165, 1.54) is 58.3 Å². The maximum absolute atomic E-state index is 6.31. The smallest absolute Gasteiger partial charge is 0.0362 e. The highest BCUT2D eigenvalue weighted by Gasteiger charge is 2.49. The summed E-state index contributed by atoms with van der Waals surface area (Å²) in [5.41, 5.74) is 6.61. The lowest BCUT2D eigenvalue weighted by atomic mass is 9.81. The Kier molecular flexibility index (Phi) is 4.60. The maximum Gasteiger partial charge on any atom is 0.0362 e. The number of hydrogen-bond acceptors (Lipinski definition) is 4. The van der Waals surface area contributed by atoms with E-state index in [4.69, 9.17) is 5.73 Å². The molecule has 2 bridgehead atoms. The molecule has 3 saturated heterocycles. The molecule has 0 spiro atoms. The molecular weight excluding hydrogens is 260 g/mol. The Morgan fingerprint density at radius 3 is 2.14 bits per heavy atom. The average Bonchev–Trinajstić information content (AvgIpc) is 2.76. The van der Waals surface area contributed by atoms with Gasteiger partial charge in [-0.05, 0) is 46.1 Å². The van der Waals surface area contributed by atoms with Crippen molar-refractivity contribution >= 4 is 0 Å². The van der Waals surface area contributed by atoms with Gasteiger partial charge in [0.2, 0.25) is 0 Å². The molecule has 3 rings (SSSR count). The van der Waals surface area contributed by atoms with Crippen LogP contribution in [-0.4, -0.2) is 78.1 Å². The minimum atomic E-state index is 0.292. The van der Waals surface area contributed by atoms with E-state index in [9.17, 15) is 0 Å². The van der Waals surface area contributed by atoms with Crippen molar-refractivity contribution in [3.63, 3.8) is 0 Å². The Morgan fingerprint density at radius 2 is 1.67 bits per heavy atom. The van der Waals surface area contributed by atoms with E-state index in [2.05, 4.69) is 35.6 Å². The molecule has 122 valence electrons. The largest absolute Gasteiger partial charge is 0.329 e. The summed E-state index contributed by atoms with van der Waals surface area (Å²) >= 11 is 0. The van der Waals surface area contributed by atoms with Crippen molar-refractivity contribution in [2.45, 2.75) is 69.6 Å². The molecule has 0 amide bonds. The molecule has 3 fully saturated rings. The molecule has 4 nitrogen and oxygen atoms in total. The molecule has 0 aromatic heterocycles. The first-order valence-corrected chi connectivity index (χ1v) is 9.00. The molecule has 21 heavy (non-hydrogen) atoms. The second kappa shape index (κ2) is 6.15. The van der Waals surface area contributed by atoms with Gasteiger partial charge >= 0.3 is 0 Å². The number of nitrogens with zero attached hydrogens (tertiary/aromatic N) is 3. The van der Waals surface area contributed by atoms with Crippen LogP contribution in [0.5, 0.6) is 0 Å². The van der Waals surface area contributed by atoms with Gasteiger partial charge < -0.3 is 10.6 Å². The van der Waals surface area contributed by atoms with Crippen LogP contribution in [0.2, 0.25) is 0 Å². The third-order valence-electron chi connectivity index (χ3n) is 6.80. The van der Waals surface area contributed by atoms with Crippen molar-refractivity contribution in [3.8, 4) is 0 Å². The van der Waals surface area contributed by atoms with E-state index >= 15 is 0 Å². The maximum atomic E-state index is 6.31. The van der Waals surface area contributed by atoms with Gasteiger partial charge in [0.1, 0.15) is 0 Å². The predicted octanol–water partition coefficient (Wildman–Crippen LogP) is 1.36. The van der Waals surface area contributed by atoms with E-state index in [1.807, 2.05) is 0 Å². The molecular formula is C17H34N4. The zero-order chi connectivity index (χ0) is 15.0. The normalized spacial score (nSPS) is 40.6. The minimum Gasteiger partial charge on any atom is -0.329 e. The number of fused-ring (bicyclic) bond motifs is 2. The Labute approximate surface area is 130 Å². The number of nitrogens with two attached hydrogens (primary N) is 1. The lowest BCUT2D eigenvalue weighted by molar-refractivity contribution is -0.0303. The Hall–Kier alpha value is -0.160. The molecule has 3 aliphatic heterocycles. The van der Waals surface area contributed by atoms with Crippen LogP contribution in [0.3, 0.4) is 0 Å². The highest BCUT2D eigenvalue weighted by Crippen LogP contribution is 2.42.